The lowest BCUT2D eigenvalue weighted by atomic mass is 10.1. The van der Waals surface area contributed by atoms with Gasteiger partial charge in [0.2, 0.25) is 17.7 Å². The predicted octanol–water partition coefficient (Wildman–Crippen LogP) is -2.94. The summed E-state index contributed by atoms with van der Waals surface area (Å²) in [6.45, 7) is 1.82. The van der Waals surface area contributed by atoms with E-state index in [1.54, 1.807) is 0 Å². The lowest BCUT2D eigenvalue weighted by Crippen LogP contribution is -2.53. The van der Waals surface area contributed by atoms with Gasteiger partial charge in [0.15, 0.2) is 5.96 Å². The van der Waals surface area contributed by atoms with Gasteiger partial charge >= 0.3 is 5.97 Å². The fourth-order valence-corrected chi connectivity index (χ4v) is 2.79. The van der Waals surface area contributed by atoms with Crippen LogP contribution in [0, 0.1) is 0 Å². The van der Waals surface area contributed by atoms with Crippen LogP contribution in [0.4, 0.5) is 0 Å². The molecule has 0 aromatic heterocycles. The van der Waals surface area contributed by atoms with Crippen LogP contribution >= 0.6 is 0 Å². The Balaban J connectivity index is 2.61. The van der Waals surface area contributed by atoms with E-state index in [0.717, 1.165) is 0 Å². The molecule has 158 valence electrons. The molecule has 1 heterocycles. The third-order valence-electron chi connectivity index (χ3n) is 4.26. The first-order chi connectivity index (χ1) is 13.1. The van der Waals surface area contributed by atoms with Crippen molar-refractivity contribution in [2.75, 3.05) is 19.6 Å². The zero-order valence-corrected chi connectivity index (χ0v) is 15.9. The van der Waals surface area contributed by atoms with Crippen molar-refractivity contribution in [3.05, 3.63) is 0 Å². The van der Waals surface area contributed by atoms with E-state index in [-0.39, 0.29) is 25.5 Å². The summed E-state index contributed by atoms with van der Waals surface area (Å²) >= 11 is 0. The molecule has 0 saturated carbocycles. The quantitative estimate of drug-likeness (QED) is 0.127. The minimum atomic E-state index is -1.18. The minimum Gasteiger partial charge on any atom is -0.480 e. The van der Waals surface area contributed by atoms with Crippen LogP contribution in [0.2, 0.25) is 0 Å². The molecule has 1 rings (SSSR count). The second-order valence-corrected chi connectivity index (χ2v) is 6.60. The van der Waals surface area contributed by atoms with Crippen LogP contribution in [-0.2, 0) is 19.2 Å². The van der Waals surface area contributed by atoms with Gasteiger partial charge in [-0.15, -0.1) is 0 Å². The summed E-state index contributed by atoms with van der Waals surface area (Å²) in [6, 6.07) is -2.64. The Labute approximate surface area is 162 Å². The summed E-state index contributed by atoms with van der Waals surface area (Å²) in [4.78, 5) is 52.8. The molecule has 0 bridgehead atoms. The van der Waals surface area contributed by atoms with E-state index in [2.05, 4.69) is 15.6 Å². The molecule has 0 radical (unpaired) electrons. The average molecular weight is 399 g/mol. The number of hydrogen-bond acceptors (Lipinski definition) is 6. The SMILES string of the molecule is C[C@H](N)C(=O)NCC(=O)N1CCC[C@H]1C(=O)N[C@@H](CCCN=C(N)N)C(=O)O. The highest BCUT2D eigenvalue weighted by molar-refractivity contribution is 5.92. The number of carbonyl (C=O) groups excluding carboxylic acids is 3. The Kier molecular flexibility index (Phi) is 9.15. The second kappa shape index (κ2) is 11.1. The van der Waals surface area contributed by atoms with E-state index < -0.39 is 41.8 Å². The molecule has 28 heavy (non-hydrogen) atoms. The Morgan fingerprint density at radius 1 is 1.29 bits per heavy atom. The molecular formula is C16H29N7O5. The lowest BCUT2D eigenvalue weighted by molar-refractivity contribution is -0.144. The normalized spacial score (nSPS) is 18.1. The molecule has 0 aromatic carbocycles. The molecule has 12 heteroatoms. The largest absolute Gasteiger partial charge is 0.480 e. The fraction of sp³-hybridized carbons (Fsp3) is 0.688. The van der Waals surface area contributed by atoms with Crippen LogP contribution < -0.4 is 27.8 Å². The highest BCUT2D eigenvalue weighted by Gasteiger charge is 2.35. The predicted molar refractivity (Wildman–Crippen MR) is 101 cm³/mol. The third kappa shape index (κ3) is 7.39. The number of carbonyl (C=O) groups is 4. The van der Waals surface area contributed by atoms with Crippen molar-refractivity contribution < 1.29 is 24.3 Å². The molecule has 1 saturated heterocycles. The smallest absolute Gasteiger partial charge is 0.326 e. The van der Waals surface area contributed by atoms with Gasteiger partial charge < -0.3 is 37.8 Å². The maximum Gasteiger partial charge on any atom is 0.326 e. The molecule has 3 atom stereocenters. The number of nitrogens with two attached hydrogens (primary N) is 3. The Bertz CT molecular complexity index is 619. The number of aliphatic imine (C=N–C) groups is 1. The van der Waals surface area contributed by atoms with Gasteiger partial charge in [0, 0.05) is 13.1 Å². The zero-order valence-electron chi connectivity index (χ0n) is 15.9. The van der Waals surface area contributed by atoms with Crippen molar-refractivity contribution in [2.45, 2.75) is 50.7 Å². The number of carboxylic acid groups (broad SMARTS) is 1. The molecule has 0 spiro atoms. The van der Waals surface area contributed by atoms with Crippen molar-refractivity contribution in [3.8, 4) is 0 Å². The molecule has 1 fully saturated rings. The van der Waals surface area contributed by atoms with Gasteiger partial charge in [-0.3, -0.25) is 19.4 Å². The summed E-state index contributed by atoms with van der Waals surface area (Å²) in [5, 5.41) is 14.2. The number of amides is 3. The van der Waals surface area contributed by atoms with Crippen molar-refractivity contribution in [1.82, 2.24) is 15.5 Å². The van der Waals surface area contributed by atoms with E-state index in [1.807, 2.05) is 0 Å². The molecule has 1 aliphatic rings. The van der Waals surface area contributed by atoms with E-state index in [4.69, 9.17) is 17.2 Å². The van der Waals surface area contributed by atoms with Crippen LogP contribution in [0.15, 0.2) is 4.99 Å². The lowest BCUT2D eigenvalue weighted by Gasteiger charge is -2.25. The molecule has 0 aliphatic carbocycles. The Hall–Kier alpha value is -2.89. The van der Waals surface area contributed by atoms with Crippen LogP contribution in [0.1, 0.15) is 32.6 Å². The minimum absolute atomic E-state index is 0.0906. The van der Waals surface area contributed by atoms with E-state index in [0.29, 0.717) is 25.8 Å². The number of guanidine groups is 1. The first kappa shape index (κ1) is 23.1. The Morgan fingerprint density at radius 2 is 1.96 bits per heavy atom. The standard InChI is InChI=1S/C16H29N7O5/c1-9(17)13(25)21-8-12(24)23-7-3-5-11(23)14(26)22-10(15(27)28)4-2-6-20-16(18)19/h9-11H,2-8,17H2,1H3,(H,21,25)(H,22,26)(H,27,28)(H4,18,19,20)/t9-,10-,11-/m0/s1. The molecule has 9 N–H and O–H groups in total. The van der Waals surface area contributed by atoms with Crippen LogP contribution in [0.5, 0.6) is 0 Å². The molecular weight excluding hydrogens is 370 g/mol. The number of likely N-dealkylation sites (tertiary alicyclic amines) is 1. The summed E-state index contributed by atoms with van der Waals surface area (Å²) in [7, 11) is 0. The summed E-state index contributed by atoms with van der Waals surface area (Å²) in [5.41, 5.74) is 15.8. The number of nitrogens with one attached hydrogen (secondary N) is 2. The van der Waals surface area contributed by atoms with Crippen molar-refractivity contribution in [1.29, 1.82) is 0 Å². The van der Waals surface area contributed by atoms with Crippen LogP contribution in [0.3, 0.4) is 0 Å². The summed E-state index contributed by atoms with van der Waals surface area (Å²) in [6.07, 6.45) is 1.53. The molecule has 3 amide bonds. The van der Waals surface area contributed by atoms with Crippen molar-refractivity contribution >= 4 is 29.7 Å². The Morgan fingerprint density at radius 3 is 2.54 bits per heavy atom. The van der Waals surface area contributed by atoms with E-state index >= 15 is 0 Å². The van der Waals surface area contributed by atoms with Crippen molar-refractivity contribution in [3.63, 3.8) is 0 Å². The second-order valence-electron chi connectivity index (χ2n) is 6.60. The van der Waals surface area contributed by atoms with Gasteiger partial charge in [0.1, 0.15) is 12.1 Å². The highest BCUT2D eigenvalue weighted by Crippen LogP contribution is 2.18. The first-order valence-corrected chi connectivity index (χ1v) is 9.04. The number of carboxylic acids is 1. The molecule has 12 nitrogen and oxygen atoms in total. The van der Waals surface area contributed by atoms with Gasteiger partial charge in [-0.05, 0) is 32.6 Å². The summed E-state index contributed by atoms with van der Waals surface area (Å²) in [5.74, 6) is -2.71. The molecule has 0 unspecified atom stereocenters. The van der Waals surface area contributed by atoms with E-state index in [1.165, 1.54) is 11.8 Å². The molecule has 0 aromatic rings. The van der Waals surface area contributed by atoms with Gasteiger partial charge in [0.05, 0.1) is 12.6 Å². The third-order valence-corrected chi connectivity index (χ3v) is 4.26. The fourth-order valence-electron chi connectivity index (χ4n) is 2.79. The van der Waals surface area contributed by atoms with Crippen molar-refractivity contribution in [2.24, 2.45) is 22.2 Å². The van der Waals surface area contributed by atoms with E-state index in [9.17, 15) is 24.3 Å². The summed E-state index contributed by atoms with van der Waals surface area (Å²) < 4.78 is 0. The monoisotopic (exact) mass is 399 g/mol. The highest BCUT2D eigenvalue weighted by atomic mass is 16.4. The maximum atomic E-state index is 12.5. The maximum absolute atomic E-state index is 12.5. The van der Waals surface area contributed by atoms with Gasteiger partial charge in [-0.2, -0.15) is 0 Å². The number of rotatable bonds is 10. The number of hydrogen-bond donors (Lipinski definition) is 6. The number of nitrogens with zero attached hydrogens (tertiary/aromatic N) is 2. The van der Waals surface area contributed by atoms with Crippen LogP contribution in [0.25, 0.3) is 0 Å². The van der Waals surface area contributed by atoms with Gasteiger partial charge in [-0.25, -0.2) is 4.79 Å². The topological polar surface area (TPSA) is 206 Å². The van der Waals surface area contributed by atoms with Gasteiger partial charge in [-0.1, -0.05) is 0 Å². The van der Waals surface area contributed by atoms with Gasteiger partial charge in [0.25, 0.3) is 0 Å². The first-order valence-electron chi connectivity index (χ1n) is 9.04. The number of aliphatic carboxylic acids is 1. The average Bonchev–Trinajstić information content (AvgIpc) is 3.11. The van der Waals surface area contributed by atoms with Crippen LogP contribution in [-0.4, -0.2) is 77.4 Å². The zero-order chi connectivity index (χ0) is 21.3. The molecule has 1 aliphatic heterocycles.